The largest absolute Gasteiger partial charge is 0.292 e. The van der Waals surface area contributed by atoms with Crippen LogP contribution < -0.4 is 0 Å². The summed E-state index contributed by atoms with van der Waals surface area (Å²) in [7, 11) is 0. The van der Waals surface area contributed by atoms with Crippen molar-refractivity contribution in [1.82, 2.24) is 8.75 Å². The Bertz CT molecular complexity index is 363. The molecule has 80 valence electrons. The summed E-state index contributed by atoms with van der Waals surface area (Å²) in [6.45, 7) is 0. The van der Waals surface area contributed by atoms with Crippen LogP contribution in [0.15, 0.2) is 6.20 Å². The number of rotatable bonds is 3. The molecule has 15 heavy (non-hydrogen) atoms. The van der Waals surface area contributed by atoms with Crippen LogP contribution in [-0.2, 0) is 0 Å². The normalized spacial score (nSPS) is 33.5. The van der Waals surface area contributed by atoms with Crippen molar-refractivity contribution in [3.8, 4) is 0 Å². The van der Waals surface area contributed by atoms with E-state index in [0.29, 0.717) is 18.0 Å². The second-order valence-electron chi connectivity index (χ2n) is 4.85. The summed E-state index contributed by atoms with van der Waals surface area (Å²) < 4.78 is 7.88. The molecule has 1 aromatic heterocycles. The first-order valence-electron chi connectivity index (χ1n) is 5.63. The Labute approximate surface area is 93.2 Å². The van der Waals surface area contributed by atoms with Gasteiger partial charge in [0.2, 0.25) is 0 Å². The van der Waals surface area contributed by atoms with E-state index in [1.165, 1.54) is 25.7 Å². The minimum absolute atomic E-state index is 0.196. The lowest BCUT2D eigenvalue weighted by atomic mass is 9.85. The lowest BCUT2D eigenvalue weighted by Crippen LogP contribution is -2.15. The molecule has 1 heterocycles. The van der Waals surface area contributed by atoms with Crippen molar-refractivity contribution in [2.45, 2.75) is 32.1 Å². The van der Waals surface area contributed by atoms with Gasteiger partial charge in [-0.1, -0.05) is 6.42 Å². The molecule has 2 fully saturated rings. The zero-order valence-electron chi connectivity index (χ0n) is 8.56. The van der Waals surface area contributed by atoms with Crippen molar-refractivity contribution >= 4 is 17.5 Å². The Morgan fingerprint density at radius 1 is 1.47 bits per heavy atom. The zero-order chi connectivity index (χ0) is 10.3. The van der Waals surface area contributed by atoms with Crippen LogP contribution in [0, 0.1) is 17.8 Å². The fraction of sp³-hybridized carbons (Fsp3) is 0.727. The number of fused-ring (bicyclic) bond motifs is 2. The molecule has 2 bridgehead atoms. The van der Waals surface area contributed by atoms with Crippen molar-refractivity contribution in [3.05, 3.63) is 11.9 Å². The highest BCUT2D eigenvalue weighted by molar-refractivity contribution is 6.99. The fourth-order valence-electron chi connectivity index (χ4n) is 3.26. The van der Waals surface area contributed by atoms with Gasteiger partial charge in [-0.05, 0) is 37.0 Å². The molecule has 3 rings (SSSR count). The molecule has 3 atom stereocenters. The molecule has 0 amide bonds. The van der Waals surface area contributed by atoms with E-state index in [0.717, 1.165) is 23.6 Å². The van der Waals surface area contributed by atoms with Gasteiger partial charge in [0.15, 0.2) is 5.78 Å². The quantitative estimate of drug-likeness (QED) is 0.738. The maximum Gasteiger partial charge on any atom is 0.184 e. The first kappa shape index (κ1) is 9.46. The van der Waals surface area contributed by atoms with Crippen LogP contribution in [0.5, 0.6) is 0 Å². The molecule has 0 N–H and O–H groups in total. The minimum atomic E-state index is 0.196. The van der Waals surface area contributed by atoms with Gasteiger partial charge in [0.1, 0.15) is 5.69 Å². The number of carbonyl (C=O) groups excluding carboxylic acids is 1. The van der Waals surface area contributed by atoms with Gasteiger partial charge < -0.3 is 0 Å². The highest BCUT2D eigenvalue weighted by Crippen LogP contribution is 2.49. The maximum atomic E-state index is 11.8. The van der Waals surface area contributed by atoms with Crippen molar-refractivity contribution < 1.29 is 4.79 Å². The van der Waals surface area contributed by atoms with Crippen molar-refractivity contribution in [2.75, 3.05) is 0 Å². The van der Waals surface area contributed by atoms with Gasteiger partial charge in [0.25, 0.3) is 0 Å². The Kier molecular flexibility index (Phi) is 2.31. The smallest absolute Gasteiger partial charge is 0.184 e. The topological polar surface area (TPSA) is 42.9 Å². The van der Waals surface area contributed by atoms with Gasteiger partial charge in [-0.15, -0.1) is 0 Å². The van der Waals surface area contributed by atoms with Gasteiger partial charge in [-0.2, -0.15) is 8.75 Å². The Morgan fingerprint density at radius 2 is 2.40 bits per heavy atom. The van der Waals surface area contributed by atoms with Gasteiger partial charge >= 0.3 is 0 Å². The summed E-state index contributed by atoms with van der Waals surface area (Å²) in [5.41, 5.74) is 0.572. The van der Waals surface area contributed by atoms with Crippen LogP contribution in [0.3, 0.4) is 0 Å². The molecule has 0 aliphatic heterocycles. The third kappa shape index (κ3) is 1.71. The molecule has 3 nitrogen and oxygen atoms in total. The van der Waals surface area contributed by atoms with Crippen molar-refractivity contribution in [3.63, 3.8) is 0 Å². The third-order valence-electron chi connectivity index (χ3n) is 3.98. The number of nitrogens with zero attached hydrogens (tertiary/aromatic N) is 2. The van der Waals surface area contributed by atoms with Crippen LogP contribution in [0.2, 0.25) is 0 Å². The Morgan fingerprint density at radius 3 is 3.00 bits per heavy atom. The predicted octanol–water partition coefficient (Wildman–Crippen LogP) is 2.55. The second-order valence-corrected chi connectivity index (χ2v) is 5.41. The molecule has 0 aromatic carbocycles. The average Bonchev–Trinajstić information content (AvgIpc) is 2.95. The maximum absolute atomic E-state index is 11.8. The number of hydrogen-bond donors (Lipinski definition) is 0. The molecule has 0 radical (unpaired) electrons. The van der Waals surface area contributed by atoms with Crippen molar-refractivity contribution in [2.24, 2.45) is 17.8 Å². The standard InChI is InChI=1S/C11H14N2OS/c14-11(10-6-12-15-13-10)5-9-4-7-1-2-8(9)3-7/h6-9H,1-5H2. The summed E-state index contributed by atoms with van der Waals surface area (Å²) in [4.78, 5) is 11.8. The van der Waals surface area contributed by atoms with Gasteiger partial charge in [0, 0.05) is 6.42 Å². The fourth-order valence-corrected chi connectivity index (χ4v) is 3.69. The Hall–Kier alpha value is -0.770. The highest BCUT2D eigenvalue weighted by atomic mass is 32.1. The molecule has 2 aliphatic rings. The SMILES string of the molecule is O=C(CC1CC2CCC1C2)c1cnsn1. The number of Topliss-reactive ketones (excluding diaryl/α,β-unsaturated/α-hetero) is 1. The van der Waals surface area contributed by atoms with Crippen LogP contribution in [0.25, 0.3) is 0 Å². The number of ketones is 1. The van der Waals surface area contributed by atoms with E-state index < -0.39 is 0 Å². The minimum Gasteiger partial charge on any atom is -0.292 e. The van der Waals surface area contributed by atoms with Gasteiger partial charge in [-0.25, -0.2) is 0 Å². The van der Waals surface area contributed by atoms with Crippen molar-refractivity contribution in [1.29, 1.82) is 0 Å². The Balaban J connectivity index is 1.64. The van der Waals surface area contributed by atoms with Crippen LogP contribution in [0.1, 0.15) is 42.6 Å². The average molecular weight is 222 g/mol. The molecule has 4 heteroatoms. The molecule has 2 saturated carbocycles. The van der Waals surface area contributed by atoms with Crippen LogP contribution >= 0.6 is 11.7 Å². The lowest BCUT2D eigenvalue weighted by Gasteiger charge is -2.20. The summed E-state index contributed by atoms with van der Waals surface area (Å²) in [5.74, 6) is 2.58. The molecule has 2 aliphatic carbocycles. The summed E-state index contributed by atoms with van der Waals surface area (Å²) in [6.07, 6.45) is 7.68. The number of aromatic nitrogens is 2. The number of carbonyl (C=O) groups is 1. The summed E-state index contributed by atoms with van der Waals surface area (Å²) in [6, 6.07) is 0. The van der Waals surface area contributed by atoms with Crippen LogP contribution in [0.4, 0.5) is 0 Å². The predicted molar refractivity (Wildman–Crippen MR) is 57.8 cm³/mol. The molecular formula is C11H14N2OS. The lowest BCUT2D eigenvalue weighted by molar-refractivity contribution is 0.0940. The van der Waals surface area contributed by atoms with E-state index in [-0.39, 0.29) is 5.78 Å². The van der Waals surface area contributed by atoms with Gasteiger partial charge in [-0.3, -0.25) is 4.79 Å². The van der Waals surface area contributed by atoms with E-state index in [1.54, 1.807) is 6.20 Å². The highest BCUT2D eigenvalue weighted by Gasteiger charge is 2.40. The summed E-state index contributed by atoms with van der Waals surface area (Å²) >= 11 is 1.12. The molecule has 3 unspecified atom stereocenters. The zero-order valence-corrected chi connectivity index (χ0v) is 9.37. The monoisotopic (exact) mass is 222 g/mol. The van der Waals surface area contributed by atoms with E-state index in [1.807, 2.05) is 0 Å². The molecule has 0 spiro atoms. The van der Waals surface area contributed by atoms with E-state index in [9.17, 15) is 4.79 Å². The van der Waals surface area contributed by atoms with Crippen LogP contribution in [-0.4, -0.2) is 14.5 Å². The molecular weight excluding hydrogens is 208 g/mol. The first-order valence-corrected chi connectivity index (χ1v) is 6.36. The van der Waals surface area contributed by atoms with E-state index >= 15 is 0 Å². The molecule has 0 saturated heterocycles. The van der Waals surface area contributed by atoms with Gasteiger partial charge in [0.05, 0.1) is 17.9 Å². The van der Waals surface area contributed by atoms with E-state index in [2.05, 4.69) is 8.75 Å². The number of hydrogen-bond acceptors (Lipinski definition) is 4. The third-order valence-corrected chi connectivity index (χ3v) is 4.46. The second kappa shape index (κ2) is 3.67. The van der Waals surface area contributed by atoms with E-state index in [4.69, 9.17) is 0 Å². The first-order chi connectivity index (χ1) is 7.33. The summed E-state index contributed by atoms with van der Waals surface area (Å²) in [5, 5.41) is 0. The molecule has 1 aromatic rings.